The van der Waals surface area contributed by atoms with E-state index in [2.05, 4.69) is 0 Å². The second-order valence-corrected chi connectivity index (χ2v) is 5.97. The highest BCUT2D eigenvalue weighted by molar-refractivity contribution is 4.86. The molecule has 2 bridgehead atoms. The second kappa shape index (κ2) is 5.05. The van der Waals surface area contributed by atoms with Gasteiger partial charge in [-0.3, -0.25) is 0 Å². The SMILES string of the molecule is C1COCC(C2CC3CCCC(C3)C2)OC1. The van der Waals surface area contributed by atoms with Crippen LogP contribution in [0.15, 0.2) is 0 Å². The number of ether oxygens (including phenoxy) is 2. The van der Waals surface area contributed by atoms with E-state index in [0.29, 0.717) is 6.10 Å². The van der Waals surface area contributed by atoms with E-state index in [9.17, 15) is 0 Å². The van der Waals surface area contributed by atoms with Gasteiger partial charge in [0.1, 0.15) is 0 Å². The zero-order valence-corrected chi connectivity index (χ0v) is 10.2. The summed E-state index contributed by atoms with van der Waals surface area (Å²) in [7, 11) is 0. The first-order chi connectivity index (χ1) is 7.92. The highest BCUT2D eigenvalue weighted by atomic mass is 16.5. The maximum absolute atomic E-state index is 5.98. The minimum atomic E-state index is 0.408. The smallest absolute Gasteiger partial charge is 0.0836 e. The Kier molecular flexibility index (Phi) is 3.49. The van der Waals surface area contributed by atoms with Crippen LogP contribution in [0.4, 0.5) is 0 Å². The molecule has 92 valence electrons. The van der Waals surface area contributed by atoms with E-state index in [4.69, 9.17) is 9.47 Å². The molecule has 3 atom stereocenters. The van der Waals surface area contributed by atoms with E-state index < -0.39 is 0 Å². The average Bonchev–Trinajstić information content (AvgIpc) is 2.57. The largest absolute Gasteiger partial charge is 0.379 e. The van der Waals surface area contributed by atoms with Crippen LogP contribution in [0.2, 0.25) is 0 Å². The fourth-order valence-corrected chi connectivity index (χ4v) is 4.00. The fraction of sp³-hybridized carbons (Fsp3) is 1.00. The standard InChI is InChI=1S/C14H24O2/c1-3-11-7-12(4-1)9-13(8-11)14-10-15-5-2-6-16-14/h11-14H,1-10H2. The molecule has 1 aliphatic heterocycles. The van der Waals surface area contributed by atoms with E-state index >= 15 is 0 Å². The van der Waals surface area contributed by atoms with Crippen LogP contribution in [-0.2, 0) is 9.47 Å². The molecule has 3 fully saturated rings. The number of fused-ring (bicyclic) bond motifs is 2. The molecule has 3 rings (SSSR count). The maximum Gasteiger partial charge on any atom is 0.0836 e. The van der Waals surface area contributed by atoms with Gasteiger partial charge in [0.05, 0.1) is 12.7 Å². The predicted octanol–water partition coefficient (Wildman–Crippen LogP) is 3.01. The van der Waals surface area contributed by atoms with E-state index in [0.717, 1.165) is 44.0 Å². The molecule has 2 saturated carbocycles. The molecule has 3 aliphatic rings. The number of hydrogen-bond donors (Lipinski definition) is 0. The molecule has 0 amide bonds. The quantitative estimate of drug-likeness (QED) is 0.681. The van der Waals surface area contributed by atoms with Crippen molar-refractivity contribution in [1.29, 1.82) is 0 Å². The number of rotatable bonds is 1. The third kappa shape index (κ3) is 2.43. The molecule has 3 unspecified atom stereocenters. The van der Waals surface area contributed by atoms with Crippen molar-refractivity contribution in [2.75, 3.05) is 19.8 Å². The van der Waals surface area contributed by atoms with Gasteiger partial charge in [-0.05, 0) is 43.4 Å². The molecule has 1 heterocycles. The molecule has 0 spiro atoms. The normalized spacial score (nSPS) is 45.0. The van der Waals surface area contributed by atoms with Crippen LogP contribution in [0.25, 0.3) is 0 Å². The van der Waals surface area contributed by atoms with Gasteiger partial charge in [-0.15, -0.1) is 0 Å². The summed E-state index contributed by atoms with van der Waals surface area (Å²) >= 11 is 0. The summed E-state index contributed by atoms with van der Waals surface area (Å²) in [6.45, 7) is 2.66. The van der Waals surface area contributed by atoms with Gasteiger partial charge in [0.25, 0.3) is 0 Å². The van der Waals surface area contributed by atoms with Crippen molar-refractivity contribution in [3.05, 3.63) is 0 Å². The zero-order chi connectivity index (χ0) is 10.8. The summed E-state index contributed by atoms with van der Waals surface area (Å²) in [6.07, 6.45) is 10.2. The highest BCUT2D eigenvalue weighted by Crippen LogP contribution is 2.44. The van der Waals surface area contributed by atoms with Crippen LogP contribution in [0.1, 0.15) is 44.9 Å². The Morgan fingerprint density at radius 2 is 1.62 bits per heavy atom. The molecule has 2 aliphatic carbocycles. The highest BCUT2D eigenvalue weighted by Gasteiger charge is 2.36. The minimum absolute atomic E-state index is 0.408. The minimum Gasteiger partial charge on any atom is -0.379 e. The summed E-state index contributed by atoms with van der Waals surface area (Å²) in [5, 5.41) is 0. The lowest BCUT2D eigenvalue weighted by molar-refractivity contribution is -0.0417. The summed E-state index contributed by atoms with van der Waals surface area (Å²) in [5.41, 5.74) is 0. The Hall–Kier alpha value is -0.0800. The van der Waals surface area contributed by atoms with Crippen molar-refractivity contribution in [2.45, 2.75) is 51.0 Å². The van der Waals surface area contributed by atoms with Crippen LogP contribution in [0.3, 0.4) is 0 Å². The first-order valence-corrected chi connectivity index (χ1v) is 7.11. The maximum atomic E-state index is 5.98. The summed E-state index contributed by atoms with van der Waals surface area (Å²) in [6, 6.07) is 0. The van der Waals surface area contributed by atoms with Gasteiger partial charge in [0, 0.05) is 13.2 Å². The summed E-state index contributed by atoms with van der Waals surface area (Å²) in [4.78, 5) is 0. The van der Waals surface area contributed by atoms with Crippen LogP contribution in [0.5, 0.6) is 0 Å². The molecular formula is C14H24O2. The zero-order valence-electron chi connectivity index (χ0n) is 10.2. The molecule has 16 heavy (non-hydrogen) atoms. The summed E-state index contributed by atoms with van der Waals surface area (Å²) in [5.74, 6) is 2.80. The van der Waals surface area contributed by atoms with Crippen molar-refractivity contribution < 1.29 is 9.47 Å². The van der Waals surface area contributed by atoms with Crippen molar-refractivity contribution in [3.8, 4) is 0 Å². The molecule has 0 aromatic rings. The van der Waals surface area contributed by atoms with Gasteiger partial charge >= 0.3 is 0 Å². The topological polar surface area (TPSA) is 18.5 Å². The Morgan fingerprint density at radius 3 is 2.44 bits per heavy atom. The van der Waals surface area contributed by atoms with Gasteiger partial charge in [0.2, 0.25) is 0 Å². The van der Waals surface area contributed by atoms with Crippen molar-refractivity contribution >= 4 is 0 Å². The van der Waals surface area contributed by atoms with Crippen LogP contribution in [-0.4, -0.2) is 25.9 Å². The Morgan fingerprint density at radius 1 is 0.812 bits per heavy atom. The lowest BCUT2D eigenvalue weighted by Crippen LogP contribution is -2.36. The number of hydrogen-bond acceptors (Lipinski definition) is 2. The van der Waals surface area contributed by atoms with Gasteiger partial charge < -0.3 is 9.47 Å². The molecule has 0 N–H and O–H groups in total. The van der Waals surface area contributed by atoms with Crippen LogP contribution in [0, 0.1) is 17.8 Å². The van der Waals surface area contributed by atoms with Gasteiger partial charge in [0.15, 0.2) is 0 Å². The molecule has 2 heteroatoms. The molecule has 2 nitrogen and oxygen atoms in total. The van der Waals surface area contributed by atoms with Crippen molar-refractivity contribution in [3.63, 3.8) is 0 Å². The van der Waals surface area contributed by atoms with Gasteiger partial charge in [-0.25, -0.2) is 0 Å². The lowest BCUT2D eigenvalue weighted by Gasteiger charge is -2.41. The lowest BCUT2D eigenvalue weighted by atomic mass is 9.67. The third-order valence-corrected chi connectivity index (χ3v) is 4.74. The van der Waals surface area contributed by atoms with Gasteiger partial charge in [-0.1, -0.05) is 19.3 Å². The van der Waals surface area contributed by atoms with Crippen LogP contribution >= 0.6 is 0 Å². The monoisotopic (exact) mass is 224 g/mol. The summed E-state index contributed by atoms with van der Waals surface area (Å²) < 4.78 is 11.6. The Labute approximate surface area is 98.7 Å². The first-order valence-electron chi connectivity index (χ1n) is 7.11. The van der Waals surface area contributed by atoms with Crippen LogP contribution < -0.4 is 0 Å². The average molecular weight is 224 g/mol. The Bertz CT molecular complexity index is 209. The van der Waals surface area contributed by atoms with E-state index in [1.165, 1.54) is 38.5 Å². The Balaban J connectivity index is 1.60. The van der Waals surface area contributed by atoms with Crippen molar-refractivity contribution in [2.24, 2.45) is 17.8 Å². The van der Waals surface area contributed by atoms with E-state index in [1.54, 1.807) is 0 Å². The molecular weight excluding hydrogens is 200 g/mol. The van der Waals surface area contributed by atoms with Crippen molar-refractivity contribution in [1.82, 2.24) is 0 Å². The molecule has 0 aromatic heterocycles. The third-order valence-electron chi connectivity index (χ3n) is 4.74. The molecule has 1 saturated heterocycles. The first kappa shape index (κ1) is 11.0. The van der Waals surface area contributed by atoms with E-state index in [1.807, 2.05) is 0 Å². The molecule has 0 radical (unpaired) electrons. The molecule has 0 aromatic carbocycles. The van der Waals surface area contributed by atoms with E-state index in [-0.39, 0.29) is 0 Å². The predicted molar refractivity (Wildman–Crippen MR) is 63.3 cm³/mol. The fourth-order valence-electron chi connectivity index (χ4n) is 4.00. The second-order valence-electron chi connectivity index (χ2n) is 5.97. The van der Waals surface area contributed by atoms with Gasteiger partial charge in [-0.2, -0.15) is 0 Å².